The van der Waals surface area contributed by atoms with E-state index in [1.165, 1.54) is 0 Å². The SMILES string of the molecule is CCCC[O][V](=[O])([Cl])([Cl])([Cl])[O]CC(C)(C)C. The molecule has 0 aliphatic heterocycles. The van der Waals surface area contributed by atoms with Crippen LogP contribution in [0.3, 0.4) is 0 Å². The predicted octanol–water partition coefficient (Wildman–Crippen LogP) is 4.73. The molecule has 7 heteroatoms. The van der Waals surface area contributed by atoms with Crippen molar-refractivity contribution in [2.45, 2.75) is 40.5 Å². The van der Waals surface area contributed by atoms with E-state index in [0.717, 1.165) is 6.42 Å². The monoisotopic (exact) mass is 332 g/mol. The van der Waals surface area contributed by atoms with Gasteiger partial charge < -0.3 is 0 Å². The molecule has 0 fully saturated rings. The van der Waals surface area contributed by atoms with Crippen molar-refractivity contribution in [3.8, 4) is 0 Å². The van der Waals surface area contributed by atoms with E-state index in [4.69, 9.17) is 36.9 Å². The van der Waals surface area contributed by atoms with Crippen molar-refractivity contribution in [1.82, 2.24) is 0 Å². The van der Waals surface area contributed by atoms with Crippen LogP contribution >= 0.6 is 29.5 Å². The first-order chi connectivity index (χ1) is 6.77. The number of halogens is 3. The molecule has 0 heterocycles. The first-order valence-electron chi connectivity index (χ1n) is 5.19. The average molecular weight is 334 g/mol. The normalized spacial score (nSPS) is 17.9. The molecule has 0 aromatic rings. The van der Waals surface area contributed by atoms with Crippen LogP contribution < -0.4 is 0 Å². The van der Waals surface area contributed by atoms with Gasteiger partial charge in [-0.3, -0.25) is 0 Å². The zero-order chi connectivity index (χ0) is 13.2. The van der Waals surface area contributed by atoms with Gasteiger partial charge in [0, 0.05) is 0 Å². The molecule has 0 unspecified atom stereocenters. The number of unbranched alkanes of at least 4 members (excludes halogenated alkanes) is 1. The van der Waals surface area contributed by atoms with Gasteiger partial charge in [0.1, 0.15) is 0 Å². The Kier molecular flexibility index (Phi) is 5.04. The van der Waals surface area contributed by atoms with Crippen LogP contribution in [0.4, 0.5) is 0 Å². The van der Waals surface area contributed by atoms with Gasteiger partial charge in [-0.15, -0.1) is 0 Å². The van der Waals surface area contributed by atoms with Crippen LogP contribution in [0.2, 0.25) is 0 Å². The maximum absolute atomic E-state index is 12.2. The summed E-state index contributed by atoms with van der Waals surface area (Å²) in [6.45, 7) is 7.76. The van der Waals surface area contributed by atoms with Crippen LogP contribution in [0.1, 0.15) is 40.5 Å². The molecule has 16 heavy (non-hydrogen) atoms. The third kappa shape index (κ3) is 9.23. The summed E-state index contributed by atoms with van der Waals surface area (Å²) in [6.07, 6.45) is 1.52. The summed E-state index contributed by atoms with van der Waals surface area (Å²) in [5.41, 5.74) is -0.259. The quantitative estimate of drug-likeness (QED) is 0.659. The van der Waals surface area contributed by atoms with Crippen LogP contribution in [0, 0.1) is 5.41 Å². The van der Waals surface area contributed by atoms with E-state index in [0.29, 0.717) is 6.42 Å². The molecule has 0 amide bonds. The second-order valence-corrected chi connectivity index (χ2v) is 20.5. The molecule has 0 saturated carbocycles. The first kappa shape index (κ1) is 17.2. The van der Waals surface area contributed by atoms with Gasteiger partial charge in [0.25, 0.3) is 0 Å². The molecule has 0 aliphatic carbocycles. The van der Waals surface area contributed by atoms with E-state index in [1.807, 2.05) is 27.7 Å². The molecule has 0 bridgehead atoms. The van der Waals surface area contributed by atoms with Gasteiger partial charge in [0.15, 0.2) is 0 Å². The Morgan fingerprint density at radius 3 is 2.00 bits per heavy atom. The summed E-state index contributed by atoms with van der Waals surface area (Å²) in [7, 11) is 10.8. The second kappa shape index (κ2) is 4.69. The van der Waals surface area contributed by atoms with E-state index < -0.39 is 9.53 Å². The third-order valence-electron chi connectivity index (χ3n) is 1.59. The predicted molar refractivity (Wildman–Crippen MR) is 64.5 cm³/mol. The number of hydrogen-bond donors (Lipinski definition) is 0. The molecule has 100 valence electrons. The van der Waals surface area contributed by atoms with Gasteiger partial charge in [-0.05, 0) is 0 Å². The molecule has 0 spiro atoms. The molecule has 0 aromatic carbocycles. The summed E-state index contributed by atoms with van der Waals surface area (Å²) in [5, 5.41) is 0. The Balaban J connectivity index is 4.59. The third-order valence-corrected chi connectivity index (χ3v) is 6.06. The minimum absolute atomic E-state index is 0.0547. The first-order valence-corrected chi connectivity index (χ1v) is 12.7. The van der Waals surface area contributed by atoms with Crippen molar-refractivity contribution in [2.24, 2.45) is 5.41 Å². The summed E-state index contributed by atoms with van der Waals surface area (Å²) < 4.78 is 22.2. The van der Waals surface area contributed by atoms with Crippen molar-refractivity contribution in [2.75, 3.05) is 13.2 Å². The van der Waals surface area contributed by atoms with Crippen molar-refractivity contribution in [3.05, 3.63) is 0 Å². The fourth-order valence-electron chi connectivity index (χ4n) is 0.744. The van der Waals surface area contributed by atoms with Crippen molar-refractivity contribution < 1.29 is 20.5 Å². The van der Waals surface area contributed by atoms with Crippen LogP contribution in [0.5, 0.6) is 0 Å². The van der Waals surface area contributed by atoms with Crippen molar-refractivity contribution in [1.29, 1.82) is 0 Å². The van der Waals surface area contributed by atoms with Crippen LogP contribution in [0.15, 0.2) is 0 Å². The fraction of sp³-hybridized carbons (Fsp3) is 1.00. The average Bonchev–Trinajstić information content (AvgIpc) is 1.99. The van der Waals surface area contributed by atoms with Crippen LogP contribution in [-0.2, 0) is 20.5 Å². The van der Waals surface area contributed by atoms with Gasteiger partial charge in [0.2, 0.25) is 0 Å². The Hall–Kier alpha value is 1.17. The van der Waals surface area contributed by atoms with E-state index in [-0.39, 0.29) is 18.6 Å². The van der Waals surface area contributed by atoms with Crippen LogP contribution in [-0.4, -0.2) is 13.2 Å². The Morgan fingerprint density at radius 1 is 1.12 bits per heavy atom. The Morgan fingerprint density at radius 2 is 1.62 bits per heavy atom. The van der Waals surface area contributed by atoms with Crippen LogP contribution in [0.25, 0.3) is 0 Å². The molecule has 3 nitrogen and oxygen atoms in total. The minimum atomic E-state index is -6.31. The number of rotatable bonds is 6. The molecule has 0 aromatic heterocycles. The Labute approximate surface area is 109 Å². The van der Waals surface area contributed by atoms with Gasteiger partial charge in [-0.1, -0.05) is 0 Å². The van der Waals surface area contributed by atoms with Crippen molar-refractivity contribution >= 4 is 29.5 Å². The summed E-state index contributed by atoms with van der Waals surface area (Å²) in [6, 6.07) is 0. The zero-order valence-corrected chi connectivity index (χ0v) is 13.8. The summed E-state index contributed by atoms with van der Waals surface area (Å²) in [5.74, 6) is 0. The fourth-order valence-corrected chi connectivity index (χ4v) is 4.07. The second-order valence-electron chi connectivity index (χ2n) is 5.06. The molecule has 0 aliphatic rings. The summed E-state index contributed by atoms with van der Waals surface area (Å²) >= 11 is 0. The molecular weight excluding hydrogens is 313 g/mol. The van der Waals surface area contributed by atoms with Gasteiger partial charge in [-0.25, -0.2) is 0 Å². The van der Waals surface area contributed by atoms with E-state index in [9.17, 15) is 3.67 Å². The molecule has 0 saturated heterocycles. The maximum atomic E-state index is 12.2. The molecule has 0 N–H and O–H groups in total. The summed E-state index contributed by atoms with van der Waals surface area (Å²) in [4.78, 5) is 0. The van der Waals surface area contributed by atoms with E-state index in [1.54, 1.807) is 0 Å². The molecule has 0 atom stereocenters. The topological polar surface area (TPSA) is 35.5 Å². The van der Waals surface area contributed by atoms with Gasteiger partial charge in [0.05, 0.1) is 0 Å². The molecule has 0 radical (unpaired) electrons. The van der Waals surface area contributed by atoms with Gasteiger partial charge in [-0.2, -0.15) is 0 Å². The molecule has 0 rings (SSSR count). The number of hydrogen-bond acceptors (Lipinski definition) is 3. The van der Waals surface area contributed by atoms with E-state index >= 15 is 0 Å². The zero-order valence-electron chi connectivity index (χ0n) is 10.1. The standard InChI is InChI=1S/C5H11O.C4H9O.3ClH.O.V/c1-5(2,3)4-6;1-2-3-4-5;;;;;/h4H2,1-3H3;2-4H2,1H3;3*1H;;/q2*-1;;;;;+5/p-3. The molecular formula is C9H20Cl3O3V. The Bertz CT molecular complexity index is 316. The van der Waals surface area contributed by atoms with Crippen molar-refractivity contribution in [3.63, 3.8) is 0 Å². The van der Waals surface area contributed by atoms with E-state index in [2.05, 4.69) is 0 Å². The van der Waals surface area contributed by atoms with Gasteiger partial charge >= 0.3 is 109 Å².